The average Bonchev–Trinajstić information content (AvgIpc) is 3.26. The molecule has 1 aliphatic heterocycles. The molecule has 2 aromatic rings. The van der Waals surface area contributed by atoms with Crippen LogP contribution in [0.5, 0.6) is 5.75 Å². The van der Waals surface area contributed by atoms with Crippen LogP contribution in [0.25, 0.3) is 11.3 Å². The summed E-state index contributed by atoms with van der Waals surface area (Å²) in [5.74, 6) is 0.776. The van der Waals surface area contributed by atoms with E-state index in [0.717, 1.165) is 23.3 Å². The van der Waals surface area contributed by atoms with Gasteiger partial charge in [-0.2, -0.15) is 5.10 Å². The number of amides is 1. The molecule has 1 amide bonds. The topological polar surface area (TPSA) is 78.5 Å². The van der Waals surface area contributed by atoms with Crippen LogP contribution >= 0.6 is 0 Å². The first-order valence-electron chi connectivity index (χ1n) is 9.27. The van der Waals surface area contributed by atoms with Crippen molar-refractivity contribution in [3.8, 4) is 17.0 Å². The van der Waals surface area contributed by atoms with Gasteiger partial charge < -0.3 is 14.7 Å². The molecule has 6 nitrogen and oxygen atoms in total. The lowest BCUT2D eigenvalue weighted by Gasteiger charge is -2.26. The van der Waals surface area contributed by atoms with Gasteiger partial charge in [-0.05, 0) is 43.2 Å². The van der Waals surface area contributed by atoms with Gasteiger partial charge in [0, 0.05) is 17.7 Å². The molecule has 2 heterocycles. The van der Waals surface area contributed by atoms with E-state index in [2.05, 4.69) is 16.8 Å². The van der Waals surface area contributed by atoms with Crippen LogP contribution in [-0.2, 0) is 0 Å². The second-order valence-corrected chi connectivity index (χ2v) is 6.62. The van der Waals surface area contributed by atoms with Crippen molar-refractivity contribution < 1.29 is 14.6 Å². The number of benzene rings is 1. The molecule has 2 N–H and O–H groups in total. The summed E-state index contributed by atoms with van der Waals surface area (Å²) >= 11 is 0. The fourth-order valence-corrected chi connectivity index (χ4v) is 3.42. The highest BCUT2D eigenvalue weighted by Crippen LogP contribution is 2.43. The Morgan fingerprint density at radius 3 is 2.89 bits per heavy atom. The Morgan fingerprint density at radius 2 is 2.21 bits per heavy atom. The number of aliphatic hydroxyl groups is 1. The molecule has 0 bridgehead atoms. The number of aromatic nitrogens is 2. The fourth-order valence-electron chi connectivity index (χ4n) is 3.42. The zero-order valence-electron chi connectivity index (χ0n) is 16.4. The average molecular weight is 379 g/mol. The summed E-state index contributed by atoms with van der Waals surface area (Å²) in [5.41, 5.74) is 3.57. The number of nitrogens with zero attached hydrogens (tertiary/aromatic N) is 2. The van der Waals surface area contributed by atoms with Crippen LogP contribution in [0.4, 0.5) is 0 Å². The Balaban J connectivity index is 2.09. The van der Waals surface area contributed by atoms with Crippen molar-refractivity contribution in [3.63, 3.8) is 0 Å². The van der Waals surface area contributed by atoms with E-state index in [1.165, 1.54) is 0 Å². The lowest BCUT2D eigenvalue weighted by molar-refractivity contribution is 0.0744. The highest BCUT2D eigenvalue weighted by Gasteiger charge is 2.41. The number of hydrogen-bond donors (Lipinski definition) is 2. The number of fused-ring (bicyclic) bond motifs is 1. The van der Waals surface area contributed by atoms with E-state index >= 15 is 0 Å². The second-order valence-electron chi connectivity index (χ2n) is 6.62. The number of ether oxygens (including phenoxy) is 1. The minimum Gasteiger partial charge on any atom is -0.508 e. The monoisotopic (exact) mass is 379 g/mol. The maximum absolute atomic E-state index is 13.0. The molecule has 28 heavy (non-hydrogen) atoms. The molecule has 1 aromatic carbocycles. The maximum atomic E-state index is 13.0. The van der Waals surface area contributed by atoms with Crippen LogP contribution in [0.15, 0.2) is 60.4 Å². The van der Waals surface area contributed by atoms with Crippen LogP contribution in [0.1, 0.15) is 42.4 Å². The number of hydrogen-bond acceptors (Lipinski definition) is 4. The minimum atomic E-state index is -0.344. The van der Waals surface area contributed by atoms with Crippen molar-refractivity contribution >= 4 is 5.91 Å². The summed E-state index contributed by atoms with van der Waals surface area (Å²) in [6.07, 6.45) is 5.75. The quantitative estimate of drug-likeness (QED) is 0.546. The molecule has 0 saturated carbocycles. The Morgan fingerprint density at radius 1 is 1.43 bits per heavy atom. The van der Waals surface area contributed by atoms with E-state index in [1.807, 2.05) is 31.2 Å². The van der Waals surface area contributed by atoms with Gasteiger partial charge in [0.05, 0.1) is 18.8 Å². The van der Waals surface area contributed by atoms with Gasteiger partial charge in [0.1, 0.15) is 17.2 Å². The molecule has 0 saturated heterocycles. The molecule has 0 unspecified atom stereocenters. The van der Waals surface area contributed by atoms with E-state index in [0.29, 0.717) is 23.5 Å². The Hall–Kier alpha value is -3.28. The molecule has 0 fully saturated rings. The number of rotatable bonds is 7. The second kappa shape index (κ2) is 8.17. The summed E-state index contributed by atoms with van der Waals surface area (Å²) in [6.45, 7) is 8.55. The van der Waals surface area contributed by atoms with Gasteiger partial charge in [-0.1, -0.05) is 31.7 Å². The van der Waals surface area contributed by atoms with Crippen molar-refractivity contribution in [1.82, 2.24) is 15.1 Å². The first-order valence-corrected chi connectivity index (χ1v) is 9.27. The van der Waals surface area contributed by atoms with E-state index in [1.54, 1.807) is 37.2 Å². The van der Waals surface area contributed by atoms with Crippen molar-refractivity contribution in [2.45, 2.75) is 26.3 Å². The zero-order valence-corrected chi connectivity index (χ0v) is 16.4. The Bertz CT molecular complexity index is 956. The summed E-state index contributed by atoms with van der Waals surface area (Å²) < 4.78 is 5.33. The van der Waals surface area contributed by atoms with Gasteiger partial charge in [0.15, 0.2) is 0 Å². The predicted molar refractivity (Wildman–Crippen MR) is 109 cm³/mol. The zero-order chi connectivity index (χ0) is 20.3. The van der Waals surface area contributed by atoms with E-state index < -0.39 is 0 Å². The summed E-state index contributed by atoms with van der Waals surface area (Å²) in [6, 6.07) is 7.24. The highest BCUT2D eigenvalue weighted by molar-refractivity contribution is 6.00. The van der Waals surface area contributed by atoms with Gasteiger partial charge in [0.2, 0.25) is 0 Å². The molecule has 0 spiro atoms. The van der Waals surface area contributed by atoms with Gasteiger partial charge in [-0.15, -0.1) is 0 Å². The molecule has 1 aromatic heterocycles. The maximum Gasteiger partial charge on any atom is 0.273 e. The molecular formula is C22H25N3O3. The number of allylic oxidation sites excluding steroid dienone is 2. The molecule has 1 atom stereocenters. The SMILES string of the molecule is C=C(/C=C\C(O)=C/C)[C@@H]1c2c(-c3cccc(OC)c3)n[nH]c2C(=O)N1CCC. The number of carbonyl (C=O) groups is 1. The molecular weight excluding hydrogens is 354 g/mol. The Kier molecular flexibility index (Phi) is 5.68. The molecule has 1 aliphatic rings. The Labute approximate surface area is 164 Å². The molecule has 0 radical (unpaired) electrons. The van der Waals surface area contributed by atoms with Crippen molar-refractivity contribution in [1.29, 1.82) is 0 Å². The number of H-pyrrole nitrogens is 1. The lowest BCUT2D eigenvalue weighted by Crippen LogP contribution is -2.30. The minimum absolute atomic E-state index is 0.0895. The van der Waals surface area contributed by atoms with E-state index in [4.69, 9.17) is 4.74 Å². The molecule has 3 rings (SSSR count). The van der Waals surface area contributed by atoms with Gasteiger partial charge in [-0.3, -0.25) is 9.89 Å². The van der Waals surface area contributed by atoms with Gasteiger partial charge in [0.25, 0.3) is 5.91 Å². The van der Waals surface area contributed by atoms with Crippen LogP contribution in [0.2, 0.25) is 0 Å². The largest absolute Gasteiger partial charge is 0.508 e. The number of aromatic amines is 1. The first kappa shape index (κ1) is 19.5. The predicted octanol–water partition coefficient (Wildman–Crippen LogP) is 4.57. The third kappa shape index (κ3) is 3.45. The molecule has 146 valence electrons. The lowest BCUT2D eigenvalue weighted by atomic mass is 9.96. The number of aliphatic hydroxyl groups excluding tert-OH is 1. The summed E-state index contributed by atoms with van der Waals surface area (Å²) in [7, 11) is 1.61. The van der Waals surface area contributed by atoms with Crippen LogP contribution < -0.4 is 4.74 Å². The van der Waals surface area contributed by atoms with Crippen LogP contribution in [0, 0.1) is 0 Å². The number of methoxy groups -OCH3 is 1. The smallest absolute Gasteiger partial charge is 0.273 e. The van der Waals surface area contributed by atoms with E-state index in [9.17, 15) is 9.90 Å². The third-order valence-electron chi connectivity index (χ3n) is 4.79. The van der Waals surface area contributed by atoms with Crippen LogP contribution in [0.3, 0.4) is 0 Å². The first-order chi connectivity index (χ1) is 13.5. The van der Waals surface area contributed by atoms with Crippen molar-refractivity contribution in [3.05, 3.63) is 71.7 Å². The molecule has 0 aliphatic carbocycles. The van der Waals surface area contributed by atoms with Gasteiger partial charge in [-0.25, -0.2) is 0 Å². The normalized spacial score (nSPS) is 16.7. The van der Waals surface area contributed by atoms with Gasteiger partial charge >= 0.3 is 0 Å². The van der Waals surface area contributed by atoms with E-state index in [-0.39, 0.29) is 17.7 Å². The standard InChI is InChI=1S/C22H25N3O3/c1-5-12-25-21(14(3)10-11-16(26)6-2)18-19(23-24-20(18)22(25)27)15-8-7-9-17(13-15)28-4/h6-11,13,21,26H,3,5,12H2,1-2,4H3,(H,23,24)/b11-10-,16-6+/t21-/m1/s1. The van der Waals surface area contributed by atoms with Crippen molar-refractivity contribution in [2.75, 3.05) is 13.7 Å². The summed E-state index contributed by atoms with van der Waals surface area (Å²) in [5, 5.41) is 17.1. The fraction of sp³-hybridized carbons (Fsp3) is 0.273. The van der Waals surface area contributed by atoms with Crippen molar-refractivity contribution in [2.24, 2.45) is 0 Å². The third-order valence-corrected chi connectivity index (χ3v) is 4.79. The number of carbonyl (C=O) groups excluding carboxylic acids is 1. The van der Waals surface area contributed by atoms with Crippen LogP contribution in [-0.4, -0.2) is 39.8 Å². The number of nitrogens with one attached hydrogen (secondary N) is 1. The summed E-state index contributed by atoms with van der Waals surface area (Å²) in [4.78, 5) is 14.8. The molecule has 6 heteroatoms. The highest BCUT2D eigenvalue weighted by atomic mass is 16.5.